The van der Waals surface area contributed by atoms with Gasteiger partial charge in [0.2, 0.25) is 11.8 Å². The summed E-state index contributed by atoms with van der Waals surface area (Å²) in [5.41, 5.74) is 1.92. The first-order valence-electron chi connectivity index (χ1n) is 8.98. The predicted octanol–water partition coefficient (Wildman–Crippen LogP) is 1.66. The van der Waals surface area contributed by atoms with Gasteiger partial charge in [-0.3, -0.25) is 9.59 Å². The maximum Gasteiger partial charge on any atom is 0.224 e. The van der Waals surface area contributed by atoms with Crippen LogP contribution in [0.25, 0.3) is 0 Å². The van der Waals surface area contributed by atoms with Gasteiger partial charge in [-0.05, 0) is 30.8 Å². The first kappa shape index (κ1) is 19.2. The Balaban J connectivity index is 1.93. The van der Waals surface area contributed by atoms with Crippen LogP contribution in [0, 0.1) is 0 Å². The number of anilines is 2. The Morgan fingerprint density at radius 3 is 2.04 bits per heavy atom. The predicted molar refractivity (Wildman–Crippen MR) is 102 cm³/mol. The van der Waals surface area contributed by atoms with Crippen LogP contribution in [0.15, 0.2) is 24.3 Å². The first-order chi connectivity index (χ1) is 11.9. The Bertz CT molecular complexity index is 578. The van der Waals surface area contributed by atoms with Gasteiger partial charge in [0.25, 0.3) is 0 Å². The third kappa shape index (κ3) is 5.19. The molecule has 2 rings (SSSR count). The quantitative estimate of drug-likeness (QED) is 0.786. The lowest BCUT2D eigenvalue weighted by atomic mass is 10.2. The van der Waals surface area contributed by atoms with E-state index in [1.165, 1.54) is 0 Å². The molecule has 0 aliphatic carbocycles. The number of piperazine rings is 1. The molecule has 0 atom stereocenters. The van der Waals surface area contributed by atoms with E-state index < -0.39 is 0 Å². The number of rotatable bonds is 6. The topological polar surface area (TPSA) is 47.1 Å². The number of hydrogen-bond acceptors (Lipinski definition) is 4. The van der Waals surface area contributed by atoms with Gasteiger partial charge in [0.05, 0.1) is 0 Å². The van der Waals surface area contributed by atoms with E-state index in [4.69, 9.17) is 0 Å². The molecule has 0 unspecified atom stereocenters. The summed E-state index contributed by atoms with van der Waals surface area (Å²) in [6.45, 7) is 8.57. The standard InChI is InChI=1S/C19H30N4O2/c1-5-21-12-14-22(15-13-21)19(25)10-11-23(16(2)24)18-8-6-17(7-9-18)20(3)4/h6-9H,5,10-15H2,1-4H3. The molecule has 0 N–H and O–H groups in total. The van der Waals surface area contributed by atoms with Crippen molar-refractivity contribution in [3.8, 4) is 0 Å². The lowest BCUT2D eigenvalue weighted by Crippen LogP contribution is -2.49. The van der Waals surface area contributed by atoms with Gasteiger partial charge in [-0.15, -0.1) is 0 Å². The van der Waals surface area contributed by atoms with E-state index in [9.17, 15) is 9.59 Å². The van der Waals surface area contributed by atoms with E-state index >= 15 is 0 Å². The molecule has 1 saturated heterocycles. The summed E-state index contributed by atoms with van der Waals surface area (Å²) in [5.74, 6) is 0.0909. The normalized spacial score (nSPS) is 15.1. The zero-order chi connectivity index (χ0) is 18.4. The Hall–Kier alpha value is -2.08. The minimum atomic E-state index is -0.0406. The molecule has 1 fully saturated rings. The summed E-state index contributed by atoms with van der Waals surface area (Å²) >= 11 is 0. The molecule has 0 spiro atoms. The van der Waals surface area contributed by atoms with Gasteiger partial charge in [-0.1, -0.05) is 6.92 Å². The van der Waals surface area contributed by atoms with Crippen LogP contribution < -0.4 is 9.80 Å². The van der Waals surface area contributed by atoms with Crippen LogP contribution in [0.3, 0.4) is 0 Å². The Morgan fingerprint density at radius 2 is 1.56 bits per heavy atom. The van der Waals surface area contributed by atoms with Gasteiger partial charge < -0.3 is 19.6 Å². The number of amides is 2. The minimum absolute atomic E-state index is 0.0406. The van der Waals surface area contributed by atoms with Gasteiger partial charge in [0.15, 0.2) is 0 Å². The monoisotopic (exact) mass is 346 g/mol. The van der Waals surface area contributed by atoms with E-state index in [1.54, 1.807) is 11.8 Å². The number of hydrogen-bond donors (Lipinski definition) is 0. The Morgan fingerprint density at radius 1 is 1.00 bits per heavy atom. The van der Waals surface area contributed by atoms with Crippen LogP contribution in [0.4, 0.5) is 11.4 Å². The summed E-state index contributed by atoms with van der Waals surface area (Å²) in [6, 6.07) is 7.83. The number of likely N-dealkylation sites (N-methyl/N-ethyl adjacent to an activating group) is 1. The largest absolute Gasteiger partial charge is 0.378 e. The number of carbonyl (C=O) groups excluding carboxylic acids is 2. The highest BCUT2D eigenvalue weighted by Crippen LogP contribution is 2.20. The second kappa shape index (κ2) is 8.85. The molecular formula is C19H30N4O2. The molecule has 1 heterocycles. The summed E-state index contributed by atoms with van der Waals surface area (Å²) in [5, 5.41) is 0. The molecule has 1 aromatic rings. The lowest BCUT2D eigenvalue weighted by Gasteiger charge is -2.34. The zero-order valence-electron chi connectivity index (χ0n) is 15.9. The number of benzene rings is 1. The Kier molecular flexibility index (Phi) is 6.82. The van der Waals surface area contributed by atoms with Crippen LogP contribution in [-0.4, -0.2) is 75.0 Å². The second-order valence-corrected chi connectivity index (χ2v) is 6.65. The maximum atomic E-state index is 12.5. The fourth-order valence-corrected chi connectivity index (χ4v) is 3.08. The zero-order valence-corrected chi connectivity index (χ0v) is 15.9. The van der Waals surface area contributed by atoms with Crippen LogP contribution in [0.5, 0.6) is 0 Å². The maximum absolute atomic E-state index is 12.5. The summed E-state index contributed by atoms with van der Waals surface area (Å²) < 4.78 is 0. The molecule has 1 aromatic carbocycles. The van der Waals surface area contributed by atoms with E-state index in [2.05, 4.69) is 11.8 Å². The lowest BCUT2D eigenvalue weighted by molar-refractivity contribution is -0.132. The third-order valence-corrected chi connectivity index (χ3v) is 4.78. The van der Waals surface area contributed by atoms with Crippen LogP contribution in [0.1, 0.15) is 20.3 Å². The molecule has 0 saturated carbocycles. The smallest absolute Gasteiger partial charge is 0.224 e. The van der Waals surface area contributed by atoms with Gasteiger partial charge in [0.1, 0.15) is 0 Å². The van der Waals surface area contributed by atoms with Crippen LogP contribution in [0.2, 0.25) is 0 Å². The highest BCUT2D eigenvalue weighted by molar-refractivity contribution is 5.92. The van der Waals surface area contributed by atoms with Gasteiger partial charge >= 0.3 is 0 Å². The van der Waals surface area contributed by atoms with E-state index in [0.717, 1.165) is 44.1 Å². The number of carbonyl (C=O) groups is 2. The highest BCUT2D eigenvalue weighted by Gasteiger charge is 2.21. The van der Waals surface area contributed by atoms with Gasteiger partial charge in [-0.25, -0.2) is 0 Å². The van der Waals surface area contributed by atoms with Crippen molar-refractivity contribution < 1.29 is 9.59 Å². The molecule has 6 nitrogen and oxygen atoms in total. The van der Waals surface area contributed by atoms with Crippen molar-refractivity contribution in [3.05, 3.63) is 24.3 Å². The Labute approximate surface area is 151 Å². The van der Waals surface area contributed by atoms with E-state index in [-0.39, 0.29) is 11.8 Å². The summed E-state index contributed by atoms with van der Waals surface area (Å²) in [7, 11) is 3.96. The van der Waals surface area contributed by atoms with Crippen molar-refractivity contribution in [2.45, 2.75) is 20.3 Å². The summed E-state index contributed by atoms with van der Waals surface area (Å²) in [6.07, 6.45) is 0.362. The average Bonchev–Trinajstić information content (AvgIpc) is 2.62. The second-order valence-electron chi connectivity index (χ2n) is 6.65. The third-order valence-electron chi connectivity index (χ3n) is 4.78. The molecule has 0 radical (unpaired) electrons. The van der Waals surface area contributed by atoms with E-state index in [1.807, 2.05) is 48.2 Å². The molecule has 0 bridgehead atoms. The average molecular weight is 346 g/mol. The van der Waals surface area contributed by atoms with Crippen molar-refractivity contribution in [1.82, 2.24) is 9.80 Å². The van der Waals surface area contributed by atoms with Crippen molar-refractivity contribution >= 4 is 23.2 Å². The highest BCUT2D eigenvalue weighted by atomic mass is 16.2. The molecule has 6 heteroatoms. The van der Waals surface area contributed by atoms with Crippen LogP contribution >= 0.6 is 0 Å². The molecule has 25 heavy (non-hydrogen) atoms. The van der Waals surface area contributed by atoms with Crippen molar-refractivity contribution in [1.29, 1.82) is 0 Å². The van der Waals surface area contributed by atoms with Crippen molar-refractivity contribution in [2.24, 2.45) is 0 Å². The molecule has 1 aliphatic heterocycles. The molecule has 1 aliphatic rings. The summed E-state index contributed by atoms with van der Waals surface area (Å²) in [4.78, 5) is 32.4. The number of nitrogens with zero attached hydrogens (tertiary/aromatic N) is 4. The van der Waals surface area contributed by atoms with Crippen LogP contribution in [-0.2, 0) is 9.59 Å². The van der Waals surface area contributed by atoms with Crippen molar-refractivity contribution in [2.75, 3.05) is 63.2 Å². The van der Waals surface area contributed by atoms with Gasteiger partial charge in [0, 0.05) is 71.5 Å². The first-order valence-corrected chi connectivity index (χ1v) is 8.98. The SMILES string of the molecule is CCN1CCN(C(=O)CCN(C(C)=O)c2ccc(N(C)C)cc2)CC1. The molecule has 2 amide bonds. The fourth-order valence-electron chi connectivity index (χ4n) is 3.08. The molecular weight excluding hydrogens is 316 g/mol. The fraction of sp³-hybridized carbons (Fsp3) is 0.579. The molecule has 0 aromatic heterocycles. The van der Waals surface area contributed by atoms with E-state index in [0.29, 0.717) is 13.0 Å². The van der Waals surface area contributed by atoms with Gasteiger partial charge in [-0.2, -0.15) is 0 Å². The van der Waals surface area contributed by atoms with Crippen molar-refractivity contribution in [3.63, 3.8) is 0 Å². The minimum Gasteiger partial charge on any atom is -0.378 e. The molecule has 138 valence electrons.